The molecule has 1 unspecified atom stereocenters. The van der Waals surface area contributed by atoms with Crippen LogP contribution in [0.2, 0.25) is 0 Å². The molecule has 0 aliphatic rings. The van der Waals surface area contributed by atoms with Crippen molar-refractivity contribution in [2.45, 2.75) is 17.9 Å². The van der Waals surface area contributed by atoms with Crippen molar-refractivity contribution < 1.29 is 4.39 Å². The molecular formula is C15H17FN2S. The van der Waals surface area contributed by atoms with Crippen molar-refractivity contribution in [2.75, 3.05) is 12.8 Å². The molecule has 2 aromatic rings. The fraction of sp³-hybridized carbons (Fsp3) is 0.267. The third kappa shape index (κ3) is 4.04. The highest BCUT2D eigenvalue weighted by molar-refractivity contribution is 7.99. The average molecular weight is 276 g/mol. The summed E-state index contributed by atoms with van der Waals surface area (Å²) in [6.45, 7) is 1.97. The number of hydrogen-bond acceptors (Lipinski definition) is 3. The van der Waals surface area contributed by atoms with Crippen LogP contribution in [0.1, 0.15) is 17.3 Å². The number of halogens is 1. The van der Waals surface area contributed by atoms with E-state index in [1.165, 1.54) is 6.07 Å². The summed E-state index contributed by atoms with van der Waals surface area (Å²) in [7, 11) is 1.93. The molecule has 0 radical (unpaired) electrons. The Morgan fingerprint density at radius 1 is 1.32 bits per heavy atom. The van der Waals surface area contributed by atoms with Crippen LogP contribution in [-0.2, 0) is 0 Å². The molecule has 0 spiro atoms. The summed E-state index contributed by atoms with van der Waals surface area (Å²) < 4.78 is 13.1. The second kappa shape index (κ2) is 6.68. The Labute approximate surface area is 117 Å². The quantitative estimate of drug-likeness (QED) is 0.845. The Morgan fingerprint density at radius 2 is 2.16 bits per heavy atom. The molecule has 1 N–H and O–H groups in total. The molecule has 0 bridgehead atoms. The maximum absolute atomic E-state index is 13.1. The molecule has 1 aromatic heterocycles. The molecule has 0 aliphatic carbocycles. The van der Waals surface area contributed by atoms with Crippen molar-refractivity contribution in [1.82, 2.24) is 10.3 Å². The number of benzene rings is 1. The van der Waals surface area contributed by atoms with Crippen LogP contribution in [0, 0.1) is 12.7 Å². The molecule has 0 saturated heterocycles. The molecule has 1 heterocycles. The van der Waals surface area contributed by atoms with Crippen molar-refractivity contribution in [3.05, 3.63) is 59.7 Å². The lowest BCUT2D eigenvalue weighted by Crippen LogP contribution is -2.18. The molecule has 0 fully saturated rings. The van der Waals surface area contributed by atoms with Crippen molar-refractivity contribution >= 4 is 11.8 Å². The first kappa shape index (κ1) is 14.0. The van der Waals surface area contributed by atoms with Crippen LogP contribution in [-0.4, -0.2) is 17.8 Å². The molecule has 0 saturated carbocycles. The van der Waals surface area contributed by atoms with Gasteiger partial charge in [0.25, 0.3) is 0 Å². The van der Waals surface area contributed by atoms with Crippen LogP contribution in [0.4, 0.5) is 4.39 Å². The van der Waals surface area contributed by atoms with E-state index in [1.54, 1.807) is 23.9 Å². The maximum atomic E-state index is 13.1. The van der Waals surface area contributed by atoms with E-state index in [1.807, 2.05) is 32.3 Å². The van der Waals surface area contributed by atoms with E-state index < -0.39 is 0 Å². The monoisotopic (exact) mass is 276 g/mol. The summed E-state index contributed by atoms with van der Waals surface area (Å²) in [5.74, 6) is 0.646. The Balaban J connectivity index is 2.01. The molecule has 19 heavy (non-hydrogen) atoms. The minimum atomic E-state index is -0.192. The number of hydrogen-bond donors (Lipinski definition) is 1. The Bertz CT molecular complexity index is 528. The van der Waals surface area contributed by atoms with Gasteiger partial charge in [-0.3, -0.25) is 4.98 Å². The Morgan fingerprint density at radius 3 is 2.79 bits per heavy atom. The number of thioether (sulfide) groups is 1. The van der Waals surface area contributed by atoms with Gasteiger partial charge in [0.2, 0.25) is 0 Å². The van der Waals surface area contributed by atoms with E-state index in [9.17, 15) is 4.39 Å². The van der Waals surface area contributed by atoms with Crippen molar-refractivity contribution in [3.63, 3.8) is 0 Å². The average Bonchev–Trinajstić information content (AvgIpc) is 2.41. The predicted octanol–water partition coefficient (Wildman–Crippen LogP) is 3.58. The smallest absolute Gasteiger partial charge is 0.124 e. The zero-order chi connectivity index (χ0) is 13.7. The second-order valence-electron chi connectivity index (χ2n) is 4.34. The van der Waals surface area contributed by atoms with E-state index in [4.69, 9.17) is 0 Å². The van der Waals surface area contributed by atoms with Crippen molar-refractivity contribution in [3.8, 4) is 0 Å². The minimum absolute atomic E-state index is 0.192. The zero-order valence-corrected chi connectivity index (χ0v) is 11.9. The summed E-state index contributed by atoms with van der Waals surface area (Å²) in [6, 6.07) is 11.0. The van der Waals surface area contributed by atoms with Gasteiger partial charge in [0, 0.05) is 28.6 Å². The molecule has 2 nitrogen and oxygen atoms in total. The van der Waals surface area contributed by atoms with Gasteiger partial charge in [-0.25, -0.2) is 4.39 Å². The van der Waals surface area contributed by atoms with Crippen LogP contribution in [0.15, 0.2) is 47.5 Å². The van der Waals surface area contributed by atoms with E-state index >= 15 is 0 Å². The summed E-state index contributed by atoms with van der Waals surface area (Å²) in [5.41, 5.74) is 2.16. The van der Waals surface area contributed by atoms with Crippen LogP contribution >= 0.6 is 11.8 Å². The van der Waals surface area contributed by atoms with Gasteiger partial charge in [-0.1, -0.05) is 12.1 Å². The largest absolute Gasteiger partial charge is 0.312 e. The number of nitrogens with one attached hydrogen (secondary N) is 1. The molecule has 4 heteroatoms. The fourth-order valence-corrected chi connectivity index (χ4v) is 2.86. The van der Waals surface area contributed by atoms with Gasteiger partial charge in [-0.05, 0) is 43.8 Å². The lowest BCUT2D eigenvalue weighted by Gasteiger charge is -2.16. The topological polar surface area (TPSA) is 24.9 Å². The number of aryl methyl sites for hydroxylation is 1. The first-order valence-electron chi connectivity index (χ1n) is 6.17. The van der Waals surface area contributed by atoms with E-state index in [0.717, 1.165) is 21.9 Å². The van der Waals surface area contributed by atoms with Crippen LogP contribution in [0.3, 0.4) is 0 Å². The Kier molecular flexibility index (Phi) is 4.93. The van der Waals surface area contributed by atoms with Gasteiger partial charge in [-0.15, -0.1) is 11.8 Å². The standard InChI is InChI=1S/C15H17FN2S/c1-11-6-7-12(9-18-11)15(17-2)10-19-14-5-3-4-13(16)8-14/h3-9,15,17H,10H2,1-2H3. The molecular weight excluding hydrogens is 259 g/mol. The molecule has 100 valence electrons. The highest BCUT2D eigenvalue weighted by atomic mass is 32.2. The summed E-state index contributed by atoms with van der Waals surface area (Å²) in [5, 5.41) is 3.27. The highest BCUT2D eigenvalue weighted by Gasteiger charge is 2.10. The first-order valence-corrected chi connectivity index (χ1v) is 7.16. The van der Waals surface area contributed by atoms with Gasteiger partial charge >= 0.3 is 0 Å². The molecule has 1 aromatic carbocycles. The second-order valence-corrected chi connectivity index (χ2v) is 5.44. The van der Waals surface area contributed by atoms with Gasteiger partial charge in [0.15, 0.2) is 0 Å². The minimum Gasteiger partial charge on any atom is -0.312 e. The lowest BCUT2D eigenvalue weighted by molar-refractivity contribution is 0.624. The van der Waals surface area contributed by atoms with E-state index in [2.05, 4.69) is 16.4 Å². The summed E-state index contributed by atoms with van der Waals surface area (Å²) in [6.07, 6.45) is 1.89. The van der Waals surface area contributed by atoms with E-state index in [0.29, 0.717) is 0 Å². The highest BCUT2D eigenvalue weighted by Crippen LogP contribution is 2.24. The molecule has 2 rings (SSSR count). The lowest BCUT2D eigenvalue weighted by atomic mass is 10.1. The maximum Gasteiger partial charge on any atom is 0.124 e. The third-order valence-electron chi connectivity index (χ3n) is 2.90. The van der Waals surface area contributed by atoms with Gasteiger partial charge in [0.05, 0.1) is 0 Å². The molecule has 1 atom stereocenters. The van der Waals surface area contributed by atoms with Crippen molar-refractivity contribution in [1.29, 1.82) is 0 Å². The van der Waals surface area contributed by atoms with Crippen LogP contribution < -0.4 is 5.32 Å². The predicted molar refractivity (Wildman–Crippen MR) is 77.9 cm³/mol. The number of rotatable bonds is 5. The van der Waals surface area contributed by atoms with E-state index in [-0.39, 0.29) is 11.9 Å². The SMILES string of the molecule is CNC(CSc1cccc(F)c1)c1ccc(C)nc1. The number of nitrogens with zero attached hydrogens (tertiary/aromatic N) is 1. The van der Waals surface area contributed by atoms with Gasteiger partial charge < -0.3 is 5.32 Å². The van der Waals surface area contributed by atoms with Crippen LogP contribution in [0.25, 0.3) is 0 Å². The normalized spacial score (nSPS) is 12.4. The van der Waals surface area contributed by atoms with Crippen LogP contribution in [0.5, 0.6) is 0 Å². The van der Waals surface area contributed by atoms with Gasteiger partial charge in [-0.2, -0.15) is 0 Å². The number of pyridine rings is 1. The van der Waals surface area contributed by atoms with Crippen molar-refractivity contribution in [2.24, 2.45) is 0 Å². The molecule has 0 aliphatic heterocycles. The number of aromatic nitrogens is 1. The molecule has 0 amide bonds. The Hall–Kier alpha value is -1.39. The third-order valence-corrected chi connectivity index (χ3v) is 3.99. The summed E-state index contributed by atoms with van der Waals surface area (Å²) in [4.78, 5) is 5.25. The first-order chi connectivity index (χ1) is 9.19. The fourth-order valence-electron chi connectivity index (χ4n) is 1.77. The van der Waals surface area contributed by atoms with Gasteiger partial charge in [0.1, 0.15) is 5.82 Å². The zero-order valence-electron chi connectivity index (χ0n) is 11.1. The summed E-state index contributed by atoms with van der Waals surface area (Å²) >= 11 is 1.64.